The summed E-state index contributed by atoms with van der Waals surface area (Å²) >= 11 is 2.90. The van der Waals surface area contributed by atoms with Crippen LogP contribution in [0.15, 0.2) is 42.7 Å². The lowest BCUT2D eigenvalue weighted by Gasteiger charge is -1.97. The van der Waals surface area contributed by atoms with Gasteiger partial charge in [-0.2, -0.15) is 0 Å². The molecular formula is C17H12N4OS2. The summed E-state index contributed by atoms with van der Waals surface area (Å²) in [6, 6.07) is 9.58. The van der Waals surface area contributed by atoms with Crippen molar-refractivity contribution in [2.45, 2.75) is 6.92 Å². The third-order valence-electron chi connectivity index (χ3n) is 3.56. The second-order valence-corrected chi connectivity index (χ2v) is 7.27. The maximum absolute atomic E-state index is 11.3. The van der Waals surface area contributed by atoms with Gasteiger partial charge in [0.15, 0.2) is 0 Å². The monoisotopic (exact) mass is 352 g/mol. The van der Waals surface area contributed by atoms with E-state index in [1.807, 2.05) is 31.2 Å². The maximum Gasteiger partial charge on any atom is 0.258 e. The molecule has 5 nitrogen and oxygen atoms in total. The maximum atomic E-state index is 11.3. The molecule has 0 saturated carbocycles. The van der Waals surface area contributed by atoms with Gasteiger partial charge in [-0.1, -0.05) is 0 Å². The predicted molar refractivity (Wildman–Crippen MR) is 97.2 cm³/mol. The topological polar surface area (TPSA) is 81.8 Å². The van der Waals surface area contributed by atoms with Crippen LogP contribution in [-0.2, 0) is 0 Å². The van der Waals surface area contributed by atoms with Crippen LogP contribution in [0.25, 0.3) is 31.4 Å². The van der Waals surface area contributed by atoms with Gasteiger partial charge >= 0.3 is 0 Å². The van der Waals surface area contributed by atoms with Crippen molar-refractivity contribution in [1.82, 2.24) is 15.0 Å². The second-order valence-electron chi connectivity index (χ2n) is 5.24. The highest BCUT2D eigenvalue weighted by molar-refractivity contribution is 7.20. The lowest BCUT2D eigenvalue weighted by molar-refractivity contribution is 0.100. The zero-order valence-corrected chi connectivity index (χ0v) is 14.3. The molecule has 2 N–H and O–H groups in total. The van der Waals surface area contributed by atoms with Crippen LogP contribution in [0.5, 0.6) is 0 Å². The molecule has 0 fully saturated rings. The molecule has 0 bridgehead atoms. The minimum Gasteiger partial charge on any atom is -0.365 e. The van der Waals surface area contributed by atoms with Crippen LogP contribution in [0.1, 0.15) is 15.4 Å². The van der Waals surface area contributed by atoms with Crippen LogP contribution in [-0.4, -0.2) is 20.9 Å². The minimum atomic E-state index is -0.424. The van der Waals surface area contributed by atoms with E-state index in [-0.39, 0.29) is 0 Å². The van der Waals surface area contributed by atoms with Gasteiger partial charge in [-0.15, -0.1) is 22.7 Å². The van der Waals surface area contributed by atoms with Crippen LogP contribution >= 0.6 is 22.7 Å². The summed E-state index contributed by atoms with van der Waals surface area (Å²) in [5.41, 5.74) is 8.12. The molecule has 0 atom stereocenters. The van der Waals surface area contributed by atoms with Gasteiger partial charge in [0, 0.05) is 23.3 Å². The fraction of sp³-hybridized carbons (Fsp3) is 0.0588. The van der Waals surface area contributed by atoms with E-state index in [2.05, 4.69) is 15.0 Å². The Morgan fingerprint density at radius 3 is 2.79 bits per heavy atom. The van der Waals surface area contributed by atoms with Gasteiger partial charge in [0.2, 0.25) is 0 Å². The van der Waals surface area contributed by atoms with Crippen molar-refractivity contribution in [3.05, 3.63) is 53.3 Å². The summed E-state index contributed by atoms with van der Waals surface area (Å²) in [5, 5.41) is 1.84. The minimum absolute atomic E-state index is 0.424. The SMILES string of the molecule is Cc1nc(-c2cccnc2)sc1-c1ccc2cc(C(N)=O)sc2n1. The van der Waals surface area contributed by atoms with Crippen molar-refractivity contribution in [3.8, 4) is 21.1 Å². The van der Waals surface area contributed by atoms with E-state index >= 15 is 0 Å². The molecular weight excluding hydrogens is 340 g/mol. The normalized spacial score (nSPS) is 11.0. The molecule has 4 heterocycles. The number of pyridine rings is 2. The molecule has 0 aliphatic rings. The number of aryl methyl sites for hydroxylation is 1. The van der Waals surface area contributed by atoms with E-state index in [1.165, 1.54) is 11.3 Å². The number of carbonyl (C=O) groups is 1. The first-order chi connectivity index (χ1) is 11.6. The zero-order chi connectivity index (χ0) is 16.7. The first-order valence-electron chi connectivity index (χ1n) is 7.20. The van der Waals surface area contributed by atoms with Crippen molar-refractivity contribution < 1.29 is 4.79 Å². The van der Waals surface area contributed by atoms with Crippen molar-refractivity contribution in [3.63, 3.8) is 0 Å². The van der Waals surface area contributed by atoms with Crippen molar-refractivity contribution in [2.75, 3.05) is 0 Å². The quantitative estimate of drug-likeness (QED) is 0.606. The molecule has 0 unspecified atom stereocenters. The Bertz CT molecular complexity index is 1050. The summed E-state index contributed by atoms with van der Waals surface area (Å²) in [7, 11) is 0. The van der Waals surface area contributed by atoms with E-state index in [0.717, 1.165) is 37.1 Å². The molecule has 4 rings (SSSR count). The Hall–Kier alpha value is -2.64. The summed E-state index contributed by atoms with van der Waals surface area (Å²) in [5.74, 6) is -0.424. The molecule has 0 aliphatic carbocycles. The molecule has 4 aromatic heterocycles. The number of hydrogen-bond donors (Lipinski definition) is 1. The highest BCUT2D eigenvalue weighted by Crippen LogP contribution is 2.35. The fourth-order valence-electron chi connectivity index (χ4n) is 2.41. The number of fused-ring (bicyclic) bond motifs is 1. The second kappa shape index (κ2) is 5.77. The van der Waals surface area contributed by atoms with E-state index in [0.29, 0.717) is 4.88 Å². The number of thiophene rings is 1. The van der Waals surface area contributed by atoms with Crippen molar-refractivity contribution in [2.24, 2.45) is 5.73 Å². The number of thiazole rings is 1. The average molecular weight is 352 g/mol. The van der Waals surface area contributed by atoms with Gasteiger partial charge in [-0.25, -0.2) is 9.97 Å². The Morgan fingerprint density at radius 2 is 2.04 bits per heavy atom. The van der Waals surface area contributed by atoms with E-state index < -0.39 is 5.91 Å². The Labute approximate surface area is 145 Å². The van der Waals surface area contributed by atoms with E-state index in [1.54, 1.807) is 29.8 Å². The average Bonchev–Trinajstić information content (AvgIpc) is 3.18. The van der Waals surface area contributed by atoms with Gasteiger partial charge in [0.05, 0.1) is 21.1 Å². The first-order valence-corrected chi connectivity index (χ1v) is 8.84. The van der Waals surface area contributed by atoms with Crippen LogP contribution in [0, 0.1) is 6.92 Å². The van der Waals surface area contributed by atoms with Crippen LogP contribution in [0.3, 0.4) is 0 Å². The largest absolute Gasteiger partial charge is 0.365 e. The smallest absolute Gasteiger partial charge is 0.258 e. The number of carbonyl (C=O) groups excluding carboxylic acids is 1. The summed E-state index contributed by atoms with van der Waals surface area (Å²) in [4.78, 5) is 27.1. The highest BCUT2D eigenvalue weighted by Gasteiger charge is 2.14. The third-order valence-corrected chi connectivity index (χ3v) is 5.85. The molecule has 0 radical (unpaired) electrons. The highest BCUT2D eigenvalue weighted by atomic mass is 32.1. The molecule has 0 aliphatic heterocycles. The van der Waals surface area contributed by atoms with E-state index in [9.17, 15) is 4.79 Å². The zero-order valence-electron chi connectivity index (χ0n) is 12.7. The van der Waals surface area contributed by atoms with Gasteiger partial charge in [-0.3, -0.25) is 9.78 Å². The van der Waals surface area contributed by atoms with Gasteiger partial charge in [0.1, 0.15) is 9.84 Å². The molecule has 4 aromatic rings. The lowest BCUT2D eigenvalue weighted by atomic mass is 10.2. The predicted octanol–water partition coefficient (Wildman–Crippen LogP) is 3.89. The molecule has 1 amide bonds. The van der Waals surface area contributed by atoms with Crippen molar-refractivity contribution >= 4 is 38.8 Å². The Balaban J connectivity index is 1.80. The number of nitrogens with two attached hydrogens (primary N) is 1. The molecule has 7 heteroatoms. The molecule has 0 aromatic carbocycles. The summed E-state index contributed by atoms with van der Waals surface area (Å²) in [6.07, 6.45) is 3.55. The number of amides is 1. The van der Waals surface area contributed by atoms with E-state index in [4.69, 9.17) is 5.73 Å². The first kappa shape index (κ1) is 14.9. The standard InChI is InChI=1S/C17H12N4OS2/c1-9-14(24-17(20-9)11-3-2-6-19-8-11)12-5-4-10-7-13(15(18)22)23-16(10)21-12/h2-8H,1H3,(H2,18,22). The van der Waals surface area contributed by atoms with Gasteiger partial charge in [0.25, 0.3) is 5.91 Å². The molecule has 24 heavy (non-hydrogen) atoms. The molecule has 0 spiro atoms. The van der Waals surface area contributed by atoms with Crippen LogP contribution < -0.4 is 5.73 Å². The number of aromatic nitrogens is 3. The van der Waals surface area contributed by atoms with Crippen molar-refractivity contribution in [1.29, 1.82) is 0 Å². The van der Waals surface area contributed by atoms with Crippen LogP contribution in [0.4, 0.5) is 0 Å². The Kier molecular flexibility index (Phi) is 3.59. The van der Waals surface area contributed by atoms with Crippen LogP contribution in [0.2, 0.25) is 0 Å². The molecule has 0 saturated heterocycles. The van der Waals surface area contributed by atoms with Gasteiger partial charge in [-0.05, 0) is 37.3 Å². The Morgan fingerprint density at radius 1 is 1.17 bits per heavy atom. The lowest BCUT2D eigenvalue weighted by Crippen LogP contribution is -2.07. The summed E-state index contributed by atoms with van der Waals surface area (Å²) < 4.78 is 0. The number of nitrogens with zero attached hydrogens (tertiary/aromatic N) is 3. The number of primary amides is 1. The number of hydrogen-bond acceptors (Lipinski definition) is 6. The fourth-order valence-corrected chi connectivity index (χ4v) is 4.32. The van der Waals surface area contributed by atoms with Gasteiger partial charge < -0.3 is 5.73 Å². The summed E-state index contributed by atoms with van der Waals surface area (Å²) in [6.45, 7) is 1.97. The number of rotatable bonds is 3. The third kappa shape index (κ3) is 2.57. The molecule has 118 valence electrons.